The normalized spacial score (nSPS) is 20.5. The van der Waals surface area contributed by atoms with E-state index in [4.69, 9.17) is 5.73 Å². The van der Waals surface area contributed by atoms with Crippen molar-refractivity contribution < 1.29 is 4.79 Å². The maximum absolute atomic E-state index is 12.1. The van der Waals surface area contributed by atoms with Crippen molar-refractivity contribution in [2.75, 3.05) is 18.8 Å². The molecule has 0 spiro atoms. The molecular weight excluding hydrogens is 236 g/mol. The Hall–Kier alpha value is -1.77. The second-order valence-electron chi connectivity index (χ2n) is 5.36. The molecule has 19 heavy (non-hydrogen) atoms. The lowest BCUT2D eigenvalue weighted by Crippen LogP contribution is -2.30. The Morgan fingerprint density at radius 2 is 2.21 bits per heavy atom. The Labute approximate surface area is 115 Å². The first-order chi connectivity index (χ1) is 9.15. The largest absolute Gasteiger partial charge is 0.399 e. The predicted octanol–water partition coefficient (Wildman–Crippen LogP) is 2.93. The van der Waals surface area contributed by atoms with Crippen molar-refractivity contribution in [2.45, 2.75) is 26.2 Å². The summed E-state index contributed by atoms with van der Waals surface area (Å²) in [5.74, 6) is 0.840. The van der Waals surface area contributed by atoms with Gasteiger partial charge in [-0.15, -0.1) is 0 Å². The number of nitrogen functional groups attached to an aromatic ring is 1. The molecule has 2 N–H and O–H groups in total. The summed E-state index contributed by atoms with van der Waals surface area (Å²) >= 11 is 0. The minimum Gasteiger partial charge on any atom is -0.399 e. The number of carbonyl (C=O) groups excluding carboxylic acids is 1. The molecule has 3 heteroatoms. The van der Waals surface area contributed by atoms with Gasteiger partial charge in [0.15, 0.2) is 0 Å². The standard InChI is InChI=1S/C16H22N2O/c1-13-4-3-10-18(11-9-13)16(19)8-7-14-5-2-6-15(17)12-14/h2,5-8,12-13H,3-4,9-11,17H2,1H3/b8-7+. The molecule has 1 aromatic rings. The number of hydrogen-bond acceptors (Lipinski definition) is 2. The van der Waals surface area contributed by atoms with Crippen LogP contribution in [0.4, 0.5) is 5.69 Å². The highest BCUT2D eigenvalue weighted by atomic mass is 16.2. The maximum Gasteiger partial charge on any atom is 0.246 e. The molecule has 0 bridgehead atoms. The van der Waals surface area contributed by atoms with Crippen LogP contribution in [0, 0.1) is 5.92 Å². The van der Waals surface area contributed by atoms with Gasteiger partial charge in [-0.25, -0.2) is 0 Å². The number of benzene rings is 1. The van der Waals surface area contributed by atoms with Crippen LogP contribution in [0.25, 0.3) is 6.08 Å². The van der Waals surface area contributed by atoms with Crippen LogP contribution in [0.1, 0.15) is 31.7 Å². The number of carbonyl (C=O) groups is 1. The van der Waals surface area contributed by atoms with Crippen LogP contribution in [0.15, 0.2) is 30.3 Å². The van der Waals surface area contributed by atoms with E-state index < -0.39 is 0 Å². The predicted molar refractivity (Wildman–Crippen MR) is 79.5 cm³/mol. The van der Waals surface area contributed by atoms with E-state index in [1.54, 1.807) is 6.08 Å². The number of anilines is 1. The lowest BCUT2D eigenvalue weighted by atomic mass is 10.0. The van der Waals surface area contributed by atoms with E-state index in [0.29, 0.717) is 0 Å². The Balaban J connectivity index is 1.96. The van der Waals surface area contributed by atoms with Crippen molar-refractivity contribution >= 4 is 17.7 Å². The van der Waals surface area contributed by atoms with Gasteiger partial charge in [-0.2, -0.15) is 0 Å². The van der Waals surface area contributed by atoms with Gasteiger partial charge in [0.05, 0.1) is 0 Å². The number of likely N-dealkylation sites (tertiary alicyclic amines) is 1. The SMILES string of the molecule is CC1CCCN(C(=O)/C=C/c2cccc(N)c2)CC1. The number of amides is 1. The highest BCUT2D eigenvalue weighted by molar-refractivity contribution is 5.91. The lowest BCUT2D eigenvalue weighted by Gasteiger charge is -2.18. The van der Waals surface area contributed by atoms with Gasteiger partial charge in [-0.1, -0.05) is 19.1 Å². The molecule has 2 rings (SSSR count). The van der Waals surface area contributed by atoms with Crippen LogP contribution >= 0.6 is 0 Å². The van der Waals surface area contributed by atoms with E-state index in [2.05, 4.69) is 6.92 Å². The Kier molecular flexibility index (Phi) is 4.61. The van der Waals surface area contributed by atoms with Gasteiger partial charge in [0.25, 0.3) is 0 Å². The molecule has 3 nitrogen and oxygen atoms in total. The average Bonchev–Trinajstić information content (AvgIpc) is 2.61. The highest BCUT2D eigenvalue weighted by Gasteiger charge is 2.16. The number of nitrogens with two attached hydrogens (primary N) is 1. The summed E-state index contributed by atoms with van der Waals surface area (Å²) in [5.41, 5.74) is 7.40. The second-order valence-corrected chi connectivity index (χ2v) is 5.36. The van der Waals surface area contributed by atoms with Crippen molar-refractivity contribution in [1.82, 2.24) is 4.90 Å². The summed E-state index contributed by atoms with van der Waals surface area (Å²) < 4.78 is 0. The van der Waals surface area contributed by atoms with Gasteiger partial charge in [0, 0.05) is 24.9 Å². The van der Waals surface area contributed by atoms with E-state index in [0.717, 1.165) is 43.1 Å². The molecule has 1 unspecified atom stereocenters. The Morgan fingerprint density at radius 1 is 1.37 bits per heavy atom. The molecule has 102 valence electrons. The smallest absolute Gasteiger partial charge is 0.246 e. The minimum absolute atomic E-state index is 0.108. The zero-order chi connectivity index (χ0) is 13.7. The summed E-state index contributed by atoms with van der Waals surface area (Å²) in [6.07, 6.45) is 6.94. The van der Waals surface area contributed by atoms with Crippen molar-refractivity contribution in [2.24, 2.45) is 5.92 Å². The van der Waals surface area contributed by atoms with E-state index >= 15 is 0 Å². The summed E-state index contributed by atoms with van der Waals surface area (Å²) in [6, 6.07) is 7.56. The maximum atomic E-state index is 12.1. The number of nitrogens with zero attached hydrogens (tertiary/aromatic N) is 1. The van der Waals surface area contributed by atoms with Gasteiger partial charge < -0.3 is 10.6 Å². The fourth-order valence-electron chi connectivity index (χ4n) is 2.42. The van der Waals surface area contributed by atoms with Crippen LogP contribution < -0.4 is 5.73 Å². The molecule has 0 radical (unpaired) electrons. The zero-order valence-corrected chi connectivity index (χ0v) is 11.5. The van der Waals surface area contributed by atoms with Crippen molar-refractivity contribution in [1.29, 1.82) is 0 Å². The van der Waals surface area contributed by atoms with E-state index in [-0.39, 0.29) is 5.91 Å². The van der Waals surface area contributed by atoms with Crippen molar-refractivity contribution in [3.63, 3.8) is 0 Å². The molecule has 1 amide bonds. The third-order valence-electron chi connectivity index (χ3n) is 3.66. The quantitative estimate of drug-likeness (QED) is 0.655. The van der Waals surface area contributed by atoms with Crippen molar-refractivity contribution in [3.8, 4) is 0 Å². The number of hydrogen-bond donors (Lipinski definition) is 1. The molecule has 1 heterocycles. The molecule has 1 atom stereocenters. The Morgan fingerprint density at radius 3 is 3.00 bits per heavy atom. The van der Waals surface area contributed by atoms with Gasteiger partial charge in [0.1, 0.15) is 0 Å². The van der Waals surface area contributed by atoms with Crippen LogP contribution in [0.3, 0.4) is 0 Å². The summed E-state index contributed by atoms with van der Waals surface area (Å²) in [7, 11) is 0. The van der Waals surface area contributed by atoms with Gasteiger partial charge in [-0.3, -0.25) is 4.79 Å². The zero-order valence-electron chi connectivity index (χ0n) is 11.5. The van der Waals surface area contributed by atoms with E-state index in [9.17, 15) is 4.79 Å². The molecule has 1 aromatic carbocycles. The second kappa shape index (κ2) is 6.41. The van der Waals surface area contributed by atoms with Crippen molar-refractivity contribution in [3.05, 3.63) is 35.9 Å². The fraction of sp³-hybridized carbons (Fsp3) is 0.438. The summed E-state index contributed by atoms with van der Waals surface area (Å²) in [5, 5.41) is 0. The first-order valence-electron chi connectivity index (χ1n) is 6.97. The molecule has 1 aliphatic heterocycles. The number of rotatable bonds is 2. The fourth-order valence-corrected chi connectivity index (χ4v) is 2.42. The molecule has 0 saturated carbocycles. The first kappa shape index (κ1) is 13.7. The highest BCUT2D eigenvalue weighted by Crippen LogP contribution is 2.17. The molecule has 1 saturated heterocycles. The third-order valence-corrected chi connectivity index (χ3v) is 3.66. The Bertz CT molecular complexity index is 468. The summed E-state index contributed by atoms with van der Waals surface area (Å²) in [6.45, 7) is 4.02. The molecule has 1 aliphatic rings. The monoisotopic (exact) mass is 258 g/mol. The van der Waals surface area contributed by atoms with Crippen LogP contribution in [-0.2, 0) is 4.79 Å². The summed E-state index contributed by atoms with van der Waals surface area (Å²) in [4.78, 5) is 14.1. The molecule has 0 aliphatic carbocycles. The minimum atomic E-state index is 0.108. The van der Waals surface area contributed by atoms with Crippen LogP contribution in [0.2, 0.25) is 0 Å². The van der Waals surface area contributed by atoms with Crippen LogP contribution in [0.5, 0.6) is 0 Å². The van der Waals surface area contributed by atoms with E-state index in [1.165, 1.54) is 6.42 Å². The first-order valence-corrected chi connectivity index (χ1v) is 6.97. The van der Waals surface area contributed by atoms with Gasteiger partial charge in [-0.05, 0) is 49.0 Å². The third kappa shape index (κ3) is 4.12. The molecule has 1 fully saturated rings. The van der Waals surface area contributed by atoms with Gasteiger partial charge >= 0.3 is 0 Å². The average molecular weight is 258 g/mol. The molecule has 0 aromatic heterocycles. The lowest BCUT2D eigenvalue weighted by molar-refractivity contribution is -0.125. The topological polar surface area (TPSA) is 46.3 Å². The molecular formula is C16H22N2O. The van der Waals surface area contributed by atoms with Gasteiger partial charge in [0.2, 0.25) is 5.91 Å². The van der Waals surface area contributed by atoms with E-state index in [1.807, 2.05) is 35.2 Å². The van der Waals surface area contributed by atoms with Crippen LogP contribution in [-0.4, -0.2) is 23.9 Å².